The van der Waals surface area contributed by atoms with Crippen molar-refractivity contribution in [2.24, 2.45) is 10.7 Å². The van der Waals surface area contributed by atoms with Gasteiger partial charge in [0.1, 0.15) is 42.2 Å². The van der Waals surface area contributed by atoms with Gasteiger partial charge in [-0.25, -0.2) is 9.56 Å². The minimum absolute atomic E-state index is 0.0123. The lowest BCUT2D eigenvalue weighted by Gasteiger charge is -2.26. The van der Waals surface area contributed by atoms with Crippen LogP contribution in [0.25, 0.3) is 0 Å². The second-order valence-corrected chi connectivity index (χ2v) is 16.6. The Hall–Kier alpha value is -2.66. The molecule has 1 unspecified atom stereocenters. The number of unbranched alkanes of at least 4 members (excludes halogenated alkanes) is 15. The van der Waals surface area contributed by atoms with Crippen LogP contribution in [0.2, 0.25) is 0 Å². The molecule has 6 atom stereocenters. The van der Waals surface area contributed by atoms with E-state index in [4.69, 9.17) is 34.4 Å². The highest BCUT2D eigenvalue weighted by molar-refractivity contribution is 7.47. The van der Waals surface area contributed by atoms with Crippen LogP contribution in [0.4, 0.5) is 13.2 Å². The monoisotopic (exact) mass is 846 g/mol. The Balaban J connectivity index is 1.42. The molecule has 7 N–H and O–H groups in total. The van der Waals surface area contributed by atoms with E-state index in [2.05, 4.69) is 16.9 Å². The first-order valence-corrected chi connectivity index (χ1v) is 22.2. The summed E-state index contributed by atoms with van der Waals surface area (Å²) in [4.78, 5) is 17.1. The molecule has 2 aromatic rings. The number of phosphoric acid groups is 1. The minimum Gasteiger partial charge on any atom is -0.387 e. The number of aliphatic hydroxyl groups is 2. The molecule has 1 aromatic carbocycles. The van der Waals surface area contributed by atoms with Crippen LogP contribution in [-0.4, -0.2) is 83.1 Å². The van der Waals surface area contributed by atoms with Crippen LogP contribution in [0.15, 0.2) is 41.4 Å². The summed E-state index contributed by atoms with van der Waals surface area (Å²) in [5.74, 6) is 0.0170. The fourth-order valence-electron chi connectivity index (χ4n) is 6.81. The Kier molecular flexibility index (Phi) is 22.1. The fourth-order valence-corrected chi connectivity index (χ4v) is 7.57. The molecule has 330 valence electrons. The van der Waals surface area contributed by atoms with Gasteiger partial charge in [-0.1, -0.05) is 115 Å². The largest absolute Gasteiger partial charge is 0.472 e. The molecule has 0 saturated carbocycles. The van der Waals surface area contributed by atoms with Gasteiger partial charge < -0.3 is 40.0 Å². The highest BCUT2D eigenvalue weighted by Gasteiger charge is 2.53. The average molecular weight is 847 g/mol. The van der Waals surface area contributed by atoms with Crippen LogP contribution in [0, 0.1) is 5.41 Å². The maximum Gasteiger partial charge on any atom is 0.472 e. The summed E-state index contributed by atoms with van der Waals surface area (Å²) in [5, 5.41) is 28.7. The van der Waals surface area contributed by atoms with Gasteiger partial charge >= 0.3 is 14.0 Å². The molecule has 58 heavy (non-hydrogen) atoms. The number of hydrogen-bond acceptors (Lipinski definition) is 9. The smallest absolute Gasteiger partial charge is 0.387 e. The van der Waals surface area contributed by atoms with E-state index in [1.54, 1.807) is 12.1 Å². The number of H-pyrrole nitrogens is 1. The summed E-state index contributed by atoms with van der Waals surface area (Å²) < 4.78 is 80.0. The summed E-state index contributed by atoms with van der Waals surface area (Å²) in [6.45, 7) is 2.98. The molecular weight excluding hydrogens is 780 g/mol. The van der Waals surface area contributed by atoms with Gasteiger partial charge in [-0.3, -0.25) is 14.5 Å². The third kappa shape index (κ3) is 17.5. The molecule has 0 bridgehead atoms. The van der Waals surface area contributed by atoms with E-state index < -0.39 is 62.8 Å². The Bertz CT molecular complexity index is 1530. The number of nitrogens with zero attached hydrogens (tertiary/aromatic N) is 1. The number of nitrogens with one attached hydrogen (secondary N) is 2. The maximum atomic E-state index is 13.0. The van der Waals surface area contributed by atoms with E-state index in [0.29, 0.717) is 23.6 Å². The Labute approximate surface area is 341 Å². The number of amidine groups is 1. The van der Waals surface area contributed by atoms with Crippen molar-refractivity contribution in [3.8, 4) is 0 Å². The standard InChI is InChI=1S/C41H66F3N4O9P/c1-3-4-5-6-7-8-9-10-11-12-13-14-15-16-17-18-25-53-27-33(54-26-31-19-21-32(22-20-31)41(42,43)44)28-55-58(51,52)56-29-35-37(49)38(50)40(2,57-35)36-24-23-34(48-36)39(46)47-30-45/h19-24,30,33,35,37-38,48-50H,3-18,25-29H2,1-2H3,(H,51,52)(H3,45,46,47)/t33-,35-,37-,38-,40+/m1/s1. The minimum atomic E-state index is -4.77. The second kappa shape index (κ2) is 25.8. The molecule has 0 aliphatic carbocycles. The van der Waals surface area contributed by atoms with Crippen molar-refractivity contribution in [2.75, 3.05) is 26.4 Å². The fraction of sp³-hybridized carbons (Fsp3) is 0.707. The van der Waals surface area contributed by atoms with Gasteiger partial charge in [0.15, 0.2) is 0 Å². The van der Waals surface area contributed by atoms with Crippen LogP contribution in [0.1, 0.15) is 139 Å². The lowest BCUT2D eigenvalue weighted by molar-refractivity contribution is -0.137. The lowest BCUT2D eigenvalue weighted by atomic mass is 9.93. The molecule has 1 fully saturated rings. The number of aliphatic imine (C=N–C) groups is 1. The number of nitrogens with two attached hydrogens (primary N) is 1. The average Bonchev–Trinajstić information content (AvgIpc) is 3.78. The van der Waals surface area contributed by atoms with Gasteiger partial charge in [-0.15, -0.1) is 0 Å². The SMILES string of the molecule is CCCCCCCCCCCCCCCCCCOC[C@H](COP(=O)(O)OC[C@H]1O[C@@](C)(c2ccc(C(N)=NC=N)[nH]2)[C@H](O)[C@@H]1O)OCc1ccc(C(F)(F)F)cc1. The number of hydrogen-bond donors (Lipinski definition) is 6. The molecule has 0 spiro atoms. The van der Waals surface area contributed by atoms with Gasteiger partial charge in [-0.05, 0) is 43.2 Å². The van der Waals surface area contributed by atoms with Crippen LogP contribution < -0.4 is 5.73 Å². The first-order chi connectivity index (χ1) is 27.7. The lowest BCUT2D eigenvalue weighted by Crippen LogP contribution is -2.39. The van der Waals surface area contributed by atoms with E-state index in [1.165, 1.54) is 103 Å². The van der Waals surface area contributed by atoms with Crippen molar-refractivity contribution in [1.29, 1.82) is 5.41 Å². The second-order valence-electron chi connectivity index (χ2n) is 15.2. The Morgan fingerprint density at radius 1 is 0.931 bits per heavy atom. The van der Waals surface area contributed by atoms with Crippen molar-refractivity contribution in [3.63, 3.8) is 0 Å². The quantitative estimate of drug-likeness (QED) is 0.0185. The molecule has 17 heteroatoms. The third-order valence-electron chi connectivity index (χ3n) is 10.4. The third-order valence-corrected chi connectivity index (χ3v) is 11.4. The van der Waals surface area contributed by atoms with Crippen LogP contribution in [0.5, 0.6) is 0 Å². The zero-order chi connectivity index (χ0) is 42.4. The molecule has 1 saturated heterocycles. The summed E-state index contributed by atoms with van der Waals surface area (Å²) >= 11 is 0. The maximum absolute atomic E-state index is 13.0. The number of ether oxygens (including phenoxy) is 3. The van der Waals surface area contributed by atoms with E-state index in [0.717, 1.165) is 37.7 Å². The number of phosphoric ester groups is 1. The van der Waals surface area contributed by atoms with Crippen molar-refractivity contribution < 1.29 is 56.1 Å². The predicted molar refractivity (Wildman–Crippen MR) is 217 cm³/mol. The van der Waals surface area contributed by atoms with Crippen molar-refractivity contribution in [3.05, 3.63) is 58.9 Å². The van der Waals surface area contributed by atoms with Crippen LogP contribution in [-0.2, 0) is 46.2 Å². The number of benzene rings is 1. The highest BCUT2D eigenvalue weighted by atomic mass is 31.2. The zero-order valence-electron chi connectivity index (χ0n) is 34.1. The van der Waals surface area contributed by atoms with Crippen molar-refractivity contribution in [1.82, 2.24) is 4.98 Å². The molecule has 1 aliphatic rings. The van der Waals surface area contributed by atoms with Gasteiger partial charge in [0.2, 0.25) is 0 Å². The molecule has 0 amide bonds. The van der Waals surface area contributed by atoms with Crippen LogP contribution in [0.3, 0.4) is 0 Å². The van der Waals surface area contributed by atoms with Gasteiger partial charge in [0, 0.05) is 6.61 Å². The topological polar surface area (TPSA) is 202 Å². The van der Waals surface area contributed by atoms with E-state index >= 15 is 0 Å². The normalized spacial score (nSPS) is 21.7. The first kappa shape index (κ1) is 49.7. The number of halogens is 3. The van der Waals surface area contributed by atoms with E-state index in [1.807, 2.05) is 0 Å². The van der Waals surface area contributed by atoms with Gasteiger partial charge in [-0.2, -0.15) is 13.2 Å². The first-order valence-electron chi connectivity index (χ1n) is 20.7. The van der Waals surface area contributed by atoms with Crippen molar-refractivity contribution >= 4 is 20.0 Å². The molecule has 1 aromatic heterocycles. The summed E-state index contributed by atoms with van der Waals surface area (Å²) in [6.07, 6.45) is 11.1. The summed E-state index contributed by atoms with van der Waals surface area (Å²) in [6, 6.07) is 7.61. The van der Waals surface area contributed by atoms with E-state index in [9.17, 15) is 32.8 Å². The summed E-state index contributed by atoms with van der Waals surface area (Å²) in [7, 11) is -4.77. The number of aromatic amines is 1. The molecule has 13 nitrogen and oxygen atoms in total. The zero-order valence-corrected chi connectivity index (χ0v) is 35.0. The highest BCUT2D eigenvalue weighted by Crippen LogP contribution is 2.46. The van der Waals surface area contributed by atoms with E-state index in [-0.39, 0.29) is 19.0 Å². The van der Waals surface area contributed by atoms with Gasteiger partial charge in [0.05, 0.1) is 43.4 Å². The number of rotatable bonds is 31. The molecule has 2 heterocycles. The molecular formula is C41H66F3N4O9P. The van der Waals surface area contributed by atoms with Gasteiger partial charge in [0.25, 0.3) is 0 Å². The van der Waals surface area contributed by atoms with Crippen LogP contribution >= 0.6 is 7.82 Å². The molecule has 3 rings (SSSR count). The number of aromatic nitrogens is 1. The Morgan fingerprint density at radius 3 is 2.05 bits per heavy atom. The number of alkyl halides is 3. The number of aliphatic hydroxyl groups excluding tert-OH is 2. The Morgan fingerprint density at radius 2 is 1.50 bits per heavy atom. The predicted octanol–water partition coefficient (Wildman–Crippen LogP) is 8.68. The summed E-state index contributed by atoms with van der Waals surface area (Å²) in [5.41, 5.74) is 4.67. The molecule has 0 radical (unpaired) electrons. The molecule has 1 aliphatic heterocycles. The van der Waals surface area contributed by atoms with Crippen molar-refractivity contribution in [2.45, 2.75) is 159 Å².